The largest absolute Gasteiger partial charge is 0.353 e. The topological polar surface area (TPSA) is 66.4 Å². The number of aromatic nitrogens is 2. The van der Waals surface area contributed by atoms with E-state index in [1.807, 2.05) is 17.9 Å². The van der Waals surface area contributed by atoms with Crippen LogP contribution in [-0.2, 0) is 0 Å². The van der Waals surface area contributed by atoms with Crippen LogP contribution in [0.1, 0.15) is 32.8 Å². The molecule has 2 aromatic heterocycles. The van der Waals surface area contributed by atoms with Gasteiger partial charge in [0.15, 0.2) is 5.78 Å². The smallest absolute Gasteiger partial charge is 0.264 e. The second-order valence-electron chi connectivity index (χ2n) is 5.50. The van der Waals surface area contributed by atoms with E-state index in [2.05, 4.69) is 14.9 Å². The van der Waals surface area contributed by atoms with Crippen molar-refractivity contribution >= 4 is 28.8 Å². The molecule has 7 heteroatoms. The van der Waals surface area contributed by atoms with Gasteiger partial charge >= 0.3 is 0 Å². The van der Waals surface area contributed by atoms with Gasteiger partial charge in [-0.15, -0.1) is 11.3 Å². The number of anilines is 1. The van der Waals surface area contributed by atoms with Crippen LogP contribution >= 0.6 is 11.3 Å². The molecule has 0 bridgehead atoms. The van der Waals surface area contributed by atoms with Crippen molar-refractivity contribution in [3.8, 4) is 0 Å². The fourth-order valence-electron chi connectivity index (χ4n) is 2.55. The highest BCUT2D eigenvalue weighted by Gasteiger charge is 2.24. The Labute approximate surface area is 138 Å². The predicted molar refractivity (Wildman–Crippen MR) is 89.2 cm³/mol. The van der Waals surface area contributed by atoms with Crippen LogP contribution in [0.15, 0.2) is 23.7 Å². The average Bonchev–Trinajstić information content (AvgIpc) is 3.04. The lowest BCUT2D eigenvalue weighted by Gasteiger charge is -2.35. The normalized spacial score (nSPS) is 14.9. The summed E-state index contributed by atoms with van der Waals surface area (Å²) in [6.07, 6.45) is 1.75. The Morgan fingerprint density at radius 1 is 1.22 bits per heavy atom. The number of hydrogen-bond acceptors (Lipinski definition) is 6. The van der Waals surface area contributed by atoms with Crippen LogP contribution in [0, 0.1) is 6.92 Å². The number of rotatable bonds is 3. The van der Waals surface area contributed by atoms with E-state index in [1.54, 1.807) is 17.6 Å². The number of ketones is 1. The van der Waals surface area contributed by atoms with Gasteiger partial charge in [-0.3, -0.25) is 9.59 Å². The molecular formula is C16H18N4O2S. The van der Waals surface area contributed by atoms with Gasteiger partial charge in [-0.1, -0.05) is 0 Å². The first-order valence-corrected chi connectivity index (χ1v) is 8.36. The molecular weight excluding hydrogens is 312 g/mol. The highest BCUT2D eigenvalue weighted by molar-refractivity contribution is 7.12. The number of amides is 1. The zero-order valence-corrected chi connectivity index (χ0v) is 14.0. The first-order chi connectivity index (χ1) is 11.0. The molecule has 2 aromatic rings. The van der Waals surface area contributed by atoms with E-state index in [9.17, 15) is 9.59 Å². The van der Waals surface area contributed by atoms with Gasteiger partial charge in [0.25, 0.3) is 5.91 Å². The van der Waals surface area contributed by atoms with E-state index < -0.39 is 0 Å². The van der Waals surface area contributed by atoms with Crippen LogP contribution in [0.4, 0.5) is 5.82 Å². The molecule has 0 spiro atoms. The lowest BCUT2D eigenvalue weighted by molar-refractivity contribution is 0.0751. The molecule has 1 fully saturated rings. The van der Waals surface area contributed by atoms with Crippen molar-refractivity contribution < 1.29 is 9.59 Å². The number of thiophene rings is 1. The molecule has 0 N–H and O–H groups in total. The van der Waals surface area contributed by atoms with Crippen molar-refractivity contribution in [2.45, 2.75) is 13.8 Å². The minimum Gasteiger partial charge on any atom is -0.353 e. The highest BCUT2D eigenvalue weighted by Crippen LogP contribution is 2.19. The summed E-state index contributed by atoms with van der Waals surface area (Å²) in [7, 11) is 0. The fourth-order valence-corrected chi connectivity index (χ4v) is 3.46. The summed E-state index contributed by atoms with van der Waals surface area (Å²) in [5.41, 5.74) is 0.605. The Morgan fingerprint density at radius 3 is 2.57 bits per heavy atom. The zero-order chi connectivity index (χ0) is 16.4. The van der Waals surface area contributed by atoms with E-state index in [4.69, 9.17) is 0 Å². The molecule has 0 atom stereocenters. The number of hydrogen-bond donors (Lipinski definition) is 0. The maximum absolute atomic E-state index is 12.5. The lowest BCUT2D eigenvalue weighted by atomic mass is 10.2. The summed E-state index contributed by atoms with van der Waals surface area (Å²) in [5.74, 6) is 1.64. The first kappa shape index (κ1) is 15.6. The molecule has 1 amide bonds. The summed E-state index contributed by atoms with van der Waals surface area (Å²) in [5, 5.41) is 1.75. The molecule has 23 heavy (non-hydrogen) atoms. The van der Waals surface area contributed by atoms with Gasteiger partial charge in [0.1, 0.15) is 11.6 Å². The second kappa shape index (κ2) is 6.45. The standard InChI is InChI=1S/C16H18N4O2S/c1-11(21)13-9-14(23-10-13)16(22)20-7-5-19(6-8-20)15-3-4-17-12(2)18-15/h3-4,9-10H,5-8H2,1-2H3. The molecule has 0 radical (unpaired) electrons. The zero-order valence-electron chi connectivity index (χ0n) is 13.2. The Balaban J connectivity index is 1.64. The van der Waals surface area contributed by atoms with Gasteiger partial charge in [-0.2, -0.15) is 0 Å². The number of aryl methyl sites for hydroxylation is 1. The van der Waals surface area contributed by atoms with Crippen molar-refractivity contribution in [1.29, 1.82) is 0 Å². The van der Waals surface area contributed by atoms with E-state index >= 15 is 0 Å². The van der Waals surface area contributed by atoms with Crippen LogP contribution < -0.4 is 4.90 Å². The van der Waals surface area contributed by atoms with Gasteiger partial charge in [0, 0.05) is 43.3 Å². The highest BCUT2D eigenvalue weighted by atomic mass is 32.1. The number of carbonyl (C=O) groups is 2. The molecule has 0 aromatic carbocycles. The van der Waals surface area contributed by atoms with Crippen LogP contribution in [0.3, 0.4) is 0 Å². The minimum absolute atomic E-state index is 0.000943. The Morgan fingerprint density at radius 2 is 1.96 bits per heavy atom. The third-order valence-electron chi connectivity index (χ3n) is 3.87. The average molecular weight is 330 g/mol. The molecule has 120 valence electrons. The van der Waals surface area contributed by atoms with Gasteiger partial charge in [0.2, 0.25) is 0 Å². The summed E-state index contributed by atoms with van der Waals surface area (Å²) in [6, 6.07) is 3.58. The van der Waals surface area contributed by atoms with Crippen LogP contribution in [0.5, 0.6) is 0 Å². The summed E-state index contributed by atoms with van der Waals surface area (Å²) in [6.45, 7) is 6.16. The molecule has 6 nitrogen and oxygen atoms in total. The van der Waals surface area contributed by atoms with Gasteiger partial charge in [0.05, 0.1) is 4.88 Å². The molecule has 0 aliphatic carbocycles. The van der Waals surface area contributed by atoms with Crippen LogP contribution in [-0.4, -0.2) is 52.7 Å². The van der Waals surface area contributed by atoms with Gasteiger partial charge in [-0.05, 0) is 26.0 Å². The number of piperazine rings is 1. The fraction of sp³-hybridized carbons (Fsp3) is 0.375. The Kier molecular flexibility index (Phi) is 4.38. The quantitative estimate of drug-likeness (QED) is 0.806. The van der Waals surface area contributed by atoms with Crippen molar-refractivity contribution in [1.82, 2.24) is 14.9 Å². The first-order valence-electron chi connectivity index (χ1n) is 7.48. The van der Waals surface area contributed by atoms with Gasteiger partial charge in [-0.25, -0.2) is 9.97 Å². The maximum Gasteiger partial charge on any atom is 0.264 e. The van der Waals surface area contributed by atoms with Gasteiger partial charge < -0.3 is 9.80 Å². The second-order valence-corrected chi connectivity index (χ2v) is 6.41. The molecule has 3 rings (SSSR count). The monoisotopic (exact) mass is 330 g/mol. The molecule has 0 saturated carbocycles. The molecule has 0 unspecified atom stereocenters. The molecule has 1 saturated heterocycles. The van der Waals surface area contributed by atoms with E-state index in [-0.39, 0.29) is 11.7 Å². The predicted octanol–water partition coefficient (Wildman–Crippen LogP) is 2.01. The number of carbonyl (C=O) groups excluding carboxylic acids is 2. The van der Waals surface area contributed by atoms with E-state index in [0.29, 0.717) is 23.5 Å². The minimum atomic E-state index is -0.00995. The lowest BCUT2D eigenvalue weighted by Crippen LogP contribution is -2.49. The maximum atomic E-state index is 12.5. The SMILES string of the molecule is CC(=O)c1csc(C(=O)N2CCN(c3ccnc(C)n3)CC2)c1. The van der Waals surface area contributed by atoms with E-state index in [1.165, 1.54) is 18.3 Å². The Bertz CT molecular complexity index is 735. The van der Waals surface area contributed by atoms with E-state index in [0.717, 1.165) is 24.7 Å². The number of Topliss-reactive ketones (excluding diaryl/α,β-unsaturated/α-hetero) is 1. The summed E-state index contributed by atoms with van der Waals surface area (Å²) >= 11 is 1.33. The summed E-state index contributed by atoms with van der Waals surface area (Å²) in [4.78, 5) is 37.0. The van der Waals surface area contributed by atoms with Crippen molar-refractivity contribution in [2.24, 2.45) is 0 Å². The summed E-state index contributed by atoms with van der Waals surface area (Å²) < 4.78 is 0. The van der Waals surface area contributed by atoms with Crippen molar-refractivity contribution in [3.05, 3.63) is 40.0 Å². The van der Waals surface area contributed by atoms with Crippen LogP contribution in [0.2, 0.25) is 0 Å². The molecule has 3 heterocycles. The third-order valence-corrected chi connectivity index (χ3v) is 4.79. The third kappa shape index (κ3) is 3.39. The molecule has 1 aliphatic rings. The molecule has 1 aliphatic heterocycles. The van der Waals surface area contributed by atoms with Crippen molar-refractivity contribution in [3.63, 3.8) is 0 Å². The van der Waals surface area contributed by atoms with Crippen LogP contribution in [0.25, 0.3) is 0 Å². The Hall–Kier alpha value is -2.28. The number of nitrogens with zero attached hydrogens (tertiary/aromatic N) is 4. The van der Waals surface area contributed by atoms with Crippen molar-refractivity contribution in [2.75, 3.05) is 31.1 Å².